The van der Waals surface area contributed by atoms with Crippen molar-refractivity contribution in [2.45, 2.75) is 53.0 Å². The van der Waals surface area contributed by atoms with Crippen LogP contribution < -0.4 is 10.6 Å². The molecule has 212 valence electrons. The van der Waals surface area contributed by atoms with E-state index in [-0.39, 0.29) is 0 Å². The standard InChI is InChI=1S/C38H40N4/c1-24(2)29-16-11-17-30(25(3)4)36(29)40-33-19-12-20-34-37(33)41-38(42(34)6)35-28(22-21-27-14-8-9-15-31(27)35)23-39-32-18-10-7-13-26(32)5/h7-22,24-25,39-40H,23H2,1-6H3. The van der Waals surface area contributed by atoms with Crippen molar-refractivity contribution in [2.24, 2.45) is 7.05 Å². The second-order valence-corrected chi connectivity index (χ2v) is 11.9. The highest BCUT2D eigenvalue weighted by molar-refractivity contribution is 6.00. The normalized spacial score (nSPS) is 11.6. The fourth-order valence-corrected chi connectivity index (χ4v) is 6.06. The fourth-order valence-electron chi connectivity index (χ4n) is 6.06. The van der Waals surface area contributed by atoms with Gasteiger partial charge in [-0.3, -0.25) is 0 Å². The summed E-state index contributed by atoms with van der Waals surface area (Å²) in [6.45, 7) is 11.9. The average molecular weight is 553 g/mol. The van der Waals surface area contributed by atoms with Gasteiger partial charge < -0.3 is 15.2 Å². The van der Waals surface area contributed by atoms with E-state index in [1.165, 1.54) is 44.3 Å². The molecule has 0 unspecified atom stereocenters. The van der Waals surface area contributed by atoms with Crippen LogP contribution >= 0.6 is 0 Å². The first-order valence-electron chi connectivity index (χ1n) is 15.0. The number of fused-ring (bicyclic) bond motifs is 2. The van der Waals surface area contributed by atoms with E-state index in [9.17, 15) is 0 Å². The van der Waals surface area contributed by atoms with Gasteiger partial charge in [0.15, 0.2) is 0 Å². The second kappa shape index (κ2) is 11.4. The number of para-hydroxylation sites is 3. The smallest absolute Gasteiger partial charge is 0.141 e. The zero-order chi connectivity index (χ0) is 29.4. The van der Waals surface area contributed by atoms with Crippen LogP contribution in [0, 0.1) is 6.92 Å². The molecular formula is C38H40N4. The van der Waals surface area contributed by atoms with Crippen LogP contribution in [-0.4, -0.2) is 9.55 Å². The molecule has 0 saturated carbocycles. The highest BCUT2D eigenvalue weighted by Crippen LogP contribution is 2.39. The van der Waals surface area contributed by atoms with Gasteiger partial charge in [-0.15, -0.1) is 0 Å². The third-order valence-electron chi connectivity index (χ3n) is 8.40. The summed E-state index contributed by atoms with van der Waals surface area (Å²) in [5.74, 6) is 1.78. The maximum absolute atomic E-state index is 5.38. The van der Waals surface area contributed by atoms with Crippen molar-refractivity contribution < 1.29 is 0 Å². The number of imidazole rings is 1. The van der Waals surface area contributed by atoms with Crippen LogP contribution in [0.25, 0.3) is 33.2 Å². The van der Waals surface area contributed by atoms with Gasteiger partial charge >= 0.3 is 0 Å². The Hall–Kier alpha value is -4.57. The number of rotatable bonds is 8. The maximum atomic E-state index is 5.38. The molecule has 0 aliphatic carbocycles. The van der Waals surface area contributed by atoms with E-state index >= 15 is 0 Å². The van der Waals surface area contributed by atoms with E-state index < -0.39 is 0 Å². The SMILES string of the molecule is Cc1ccccc1NCc1ccc2ccccc2c1-c1nc2c(Nc3c(C(C)C)cccc3C(C)C)cccc2n1C. The van der Waals surface area contributed by atoms with Crippen molar-refractivity contribution in [3.8, 4) is 11.4 Å². The van der Waals surface area contributed by atoms with Gasteiger partial charge in [0.1, 0.15) is 11.3 Å². The number of aromatic nitrogens is 2. The lowest BCUT2D eigenvalue weighted by Crippen LogP contribution is -2.05. The minimum absolute atomic E-state index is 0.406. The Morgan fingerprint density at radius 1 is 0.714 bits per heavy atom. The van der Waals surface area contributed by atoms with Crippen LogP contribution in [-0.2, 0) is 13.6 Å². The number of hydrogen-bond acceptors (Lipinski definition) is 3. The molecule has 0 saturated heterocycles. The van der Waals surface area contributed by atoms with Gasteiger partial charge in [-0.25, -0.2) is 4.98 Å². The van der Waals surface area contributed by atoms with Crippen molar-refractivity contribution in [3.05, 3.63) is 119 Å². The van der Waals surface area contributed by atoms with Crippen molar-refractivity contribution >= 4 is 38.9 Å². The Kier molecular flexibility index (Phi) is 7.47. The van der Waals surface area contributed by atoms with Gasteiger partial charge in [0.25, 0.3) is 0 Å². The molecule has 0 atom stereocenters. The molecule has 4 heteroatoms. The quantitative estimate of drug-likeness (QED) is 0.197. The molecule has 0 fully saturated rings. The van der Waals surface area contributed by atoms with Gasteiger partial charge in [0.05, 0.1) is 11.2 Å². The zero-order valence-corrected chi connectivity index (χ0v) is 25.5. The van der Waals surface area contributed by atoms with E-state index in [0.29, 0.717) is 18.4 Å². The Morgan fingerprint density at radius 3 is 2.12 bits per heavy atom. The number of hydrogen-bond donors (Lipinski definition) is 2. The van der Waals surface area contributed by atoms with Crippen molar-refractivity contribution in [2.75, 3.05) is 10.6 Å². The largest absolute Gasteiger partial charge is 0.381 e. The van der Waals surface area contributed by atoms with Gasteiger partial charge in [0, 0.05) is 30.5 Å². The van der Waals surface area contributed by atoms with Crippen LogP contribution in [0.2, 0.25) is 0 Å². The molecule has 6 aromatic rings. The maximum Gasteiger partial charge on any atom is 0.141 e. The Bertz CT molecular complexity index is 1870. The Balaban J connectivity index is 1.50. The highest BCUT2D eigenvalue weighted by atomic mass is 15.1. The van der Waals surface area contributed by atoms with Gasteiger partial charge in [-0.2, -0.15) is 0 Å². The fraction of sp³-hybridized carbons (Fsp3) is 0.237. The van der Waals surface area contributed by atoms with Crippen molar-refractivity contribution in [1.29, 1.82) is 0 Å². The van der Waals surface area contributed by atoms with Gasteiger partial charge in [-0.05, 0) is 70.0 Å². The molecule has 0 aliphatic rings. The minimum atomic E-state index is 0.406. The number of aryl methyl sites for hydroxylation is 2. The molecule has 1 aromatic heterocycles. The third kappa shape index (κ3) is 5.02. The van der Waals surface area contributed by atoms with Gasteiger partial charge in [-0.1, -0.05) is 107 Å². The first-order valence-corrected chi connectivity index (χ1v) is 15.0. The number of nitrogens with one attached hydrogen (secondary N) is 2. The molecular weight excluding hydrogens is 512 g/mol. The number of nitrogens with zero attached hydrogens (tertiary/aromatic N) is 2. The van der Waals surface area contributed by atoms with E-state index in [1.807, 2.05) is 0 Å². The molecule has 4 nitrogen and oxygen atoms in total. The lowest BCUT2D eigenvalue weighted by Gasteiger charge is -2.21. The topological polar surface area (TPSA) is 41.9 Å². The van der Waals surface area contributed by atoms with Crippen LogP contribution in [0.15, 0.2) is 97.1 Å². The monoisotopic (exact) mass is 552 g/mol. The molecule has 6 rings (SSSR count). The molecule has 0 bridgehead atoms. The lowest BCUT2D eigenvalue weighted by atomic mass is 9.92. The van der Waals surface area contributed by atoms with Crippen LogP contribution in [0.3, 0.4) is 0 Å². The summed E-state index contributed by atoms with van der Waals surface area (Å²) in [5.41, 5.74) is 11.8. The lowest BCUT2D eigenvalue weighted by molar-refractivity contribution is 0.838. The first kappa shape index (κ1) is 27.6. The summed E-state index contributed by atoms with van der Waals surface area (Å²) >= 11 is 0. The number of anilines is 3. The predicted molar refractivity (Wildman–Crippen MR) is 180 cm³/mol. The summed E-state index contributed by atoms with van der Waals surface area (Å²) < 4.78 is 2.25. The predicted octanol–water partition coefficient (Wildman–Crippen LogP) is 10.3. The second-order valence-electron chi connectivity index (χ2n) is 11.9. The molecule has 2 N–H and O–H groups in total. The van der Waals surface area contributed by atoms with E-state index in [1.54, 1.807) is 0 Å². The third-order valence-corrected chi connectivity index (χ3v) is 8.40. The van der Waals surface area contributed by atoms with Crippen molar-refractivity contribution in [3.63, 3.8) is 0 Å². The van der Waals surface area contributed by atoms with Gasteiger partial charge in [0.2, 0.25) is 0 Å². The summed E-state index contributed by atoms with van der Waals surface area (Å²) in [6, 6.07) is 34.7. The Labute approximate surface area is 249 Å². The molecule has 1 heterocycles. The molecule has 5 aromatic carbocycles. The van der Waals surface area contributed by atoms with E-state index in [4.69, 9.17) is 4.98 Å². The van der Waals surface area contributed by atoms with Crippen molar-refractivity contribution in [1.82, 2.24) is 9.55 Å². The minimum Gasteiger partial charge on any atom is -0.381 e. The Morgan fingerprint density at radius 2 is 1.38 bits per heavy atom. The molecule has 0 radical (unpaired) electrons. The summed E-state index contributed by atoms with van der Waals surface area (Å²) in [7, 11) is 2.14. The number of benzene rings is 5. The highest BCUT2D eigenvalue weighted by Gasteiger charge is 2.20. The first-order chi connectivity index (χ1) is 20.3. The van der Waals surface area contributed by atoms with Crippen LogP contribution in [0.4, 0.5) is 17.1 Å². The molecule has 0 amide bonds. The molecule has 0 aliphatic heterocycles. The summed E-state index contributed by atoms with van der Waals surface area (Å²) in [6.07, 6.45) is 0. The van der Waals surface area contributed by atoms with Crippen LogP contribution in [0.5, 0.6) is 0 Å². The average Bonchev–Trinajstić information content (AvgIpc) is 3.32. The summed E-state index contributed by atoms with van der Waals surface area (Å²) in [4.78, 5) is 5.38. The van der Waals surface area contributed by atoms with Crippen LogP contribution in [0.1, 0.15) is 61.8 Å². The molecule has 0 spiro atoms. The zero-order valence-electron chi connectivity index (χ0n) is 25.5. The van der Waals surface area contributed by atoms with E-state index in [2.05, 4.69) is 154 Å². The summed E-state index contributed by atoms with van der Waals surface area (Å²) in [5, 5.41) is 9.96. The van der Waals surface area contributed by atoms with E-state index in [0.717, 1.165) is 28.2 Å². The molecule has 42 heavy (non-hydrogen) atoms.